The number of anilines is 1. The molecule has 0 amide bonds. The van der Waals surface area contributed by atoms with Crippen LogP contribution in [0, 0.1) is 27.4 Å². The first-order valence-electron chi connectivity index (χ1n) is 5.72. The standard InChI is InChI=1S/C12H12BrN3O2/c13-9-4-5-11(12(6-9)16(17)18)15-10-3-1-2-8(10)7-14/h4-6,8,10,15H,1-3H2/t8-,10+/m1/s1. The summed E-state index contributed by atoms with van der Waals surface area (Å²) in [6.45, 7) is 0. The van der Waals surface area contributed by atoms with Gasteiger partial charge in [0, 0.05) is 16.6 Å². The van der Waals surface area contributed by atoms with E-state index in [1.165, 1.54) is 6.07 Å². The second-order valence-corrected chi connectivity index (χ2v) is 5.25. The maximum absolute atomic E-state index is 11.0. The molecule has 94 valence electrons. The maximum atomic E-state index is 11.0. The van der Waals surface area contributed by atoms with Crippen molar-refractivity contribution in [2.75, 3.05) is 5.32 Å². The molecular formula is C12H12BrN3O2. The Labute approximate surface area is 113 Å². The summed E-state index contributed by atoms with van der Waals surface area (Å²) >= 11 is 3.22. The van der Waals surface area contributed by atoms with Crippen molar-refractivity contribution in [2.24, 2.45) is 5.92 Å². The van der Waals surface area contributed by atoms with Crippen LogP contribution in [0.25, 0.3) is 0 Å². The summed E-state index contributed by atoms with van der Waals surface area (Å²) < 4.78 is 0.669. The third-order valence-electron chi connectivity index (χ3n) is 3.18. The number of nitro groups is 1. The van der Waals surface area contributed by atoms with E-state index in [2.05, 4.69) is 27.3 Å². The Morgan fingerprint density at radius 1 is 1.50 bits per heavy atom. The third kappa shape index (κ3) is 2.62. The number of halogens is 1. The number of nitro benzene ring substituents is 1. The molecule has 2 rings (SSSR count). The van der Waals surface area contributed by atoms with E-state index < -0.39 is 4.92 Å². The first kappa shape index (κ1) is 12.8. The number of nitrogens with zero attached hydrogens (tertiary/aromatic N) is 2. The predicted octanol–water partition coefficient (Wildman–Crippen LogP) is 3.46. The van der Waals surface area contributed by atoms with Crippen molar-refractivity contribution in [2.45, 2.75) is 25.3 Å². The van der Waals surface area contributed by atoms with Crippen LogP contribution in [0.5, 0.6) is 0 Å². The fraction of sp³-hybridized carbons (Fsp3) is 0.417. The molecule has 1 aromatic carbocycles. The van der Waals surface area contributed by atoms with E-state index in [0.717, 1.165) is 19.3 Å². The summed E-state index contributed by atoms with van der Waals surface area (Å²) in [6, 6.07) is 7.16. The lowest BCUT2D eigenvalue weighted by atomic mass is 10.1. The Morgan fingerprint density at radius 2 is 2.28 bits per heavy atom. The first-order valence-corrected chi connectivity index (χ1v) is 6.51. The quantitative estimate of drug-likeness (QED) is 0.685. The van der Waals surface area contributed by atoms with Crippen LogP contribution in [-0.4, -0.2) is 11.0 Å². The topological polar surface area (TPSA) is 79.0 Å². The van der Waals surface area contributed by atoms with Crippen molar-refractivity contribution in [3.8, 4) is 6.07 Å². The van der Waals surface area contributed by atoms with Crippen LogP contribution in [0.4, 0.5) is 11.4 Å². The van der Waals surface area contributed by atoms with E-state index in [4.69, 9.17) is 5.26 Å². The highest BCUT2D eigenvalue weighted by Crippen LogP contribution is 2.33. The minimum Gasteiger partial charge on any atom is -0.375 e. The molecule has 0 spiro atoms. The summed E-state index contributed by atoms with van der Waals surface area (Å²) in [5, 5.41) is 23.1. The van der Waals surface area contributed by atoms with Crippen molar-refractivity contribution in [1.82, 2.24) is 0 Å². The lowest BCUT2D eigenvalue weighted by Gasteiger charge is -2.16. The smallest absolute Gasteiger partial charge is 0.293 e. The van der Waals surface area contributed by atoms with Gasteiger partial charge in [0.25, 0.3) is 5.69 Å². The SMILES string of the molecule is N#C[C@H]1CCC[C@@H]1Nc1ccc(Br)cc1[N+](=O)[O-]. The van der Waals surface area contributed by atoms with Gasteiger partial charge in [0.05, 0.1) is 16.9 Å². The lowest BCUT2D eigenvalue weighted by Crippen LogP contribution is -2.23. The van der Waals surface area contributed by atoms with Gasteiger partial charge in [-0.2, -0.15) is 5.26 Å². The maximum Gasteiger partial charge on any atom is 0.293 e. The molecule has 0 aromatic heterocycles. The van der Waals surface area contributed by atoms with Gasteiger partial charge in [-0.25, -0.2) is 0 Å². The molecule has 1 aliphatic carbocycles. The van der Waals surface area contributed by atoms with Gasteiger partial charge in [-0.1, -0.05) is 15.9 Å². The van der Waals surface area contributed by atoms with Gasteiger partial charge < -0.3 is 5.32 Å². The van der Waals surface area contributed by atoms with Gasteiger partial charge in [0.2, 0.25) is 0 Å². The zero-order chi connectivity index (χ0) is 13.1. The van der Waals surface area contributed by atoms with E-state index in [0.29, 0.717) is 10.2 Å². The van der Waals surface area contributed by atoms with Crippen LogP contribution in [0.15, 0.2) is 22.7 Å². The molecule has 0 saturated heterocycles. The summed E-state index contributed by atoms with van der Waals surface area (Å²) in [7, 11) is 0. The van der Waals surface area contributed by atoms with Gasteiger partial charge in [0.15, 0.2) is 0 Å². The molecule has 1 N–H and O–H groups in total. The predicted molar refractivity (Wildman–Crippen MR) is 71.2 cm³/mol. The summed E-state index contributed by atoms with van der Waals surface area (Å²) in [6.07, 6.45) is 2.73. The van der Waals surface area contributed by atoms with Gasteiger partial charge in [0.1, 0.15) is 5.69 Å². The number of hydrogen-bond donors (Lipinski definition) is 1. The molecule has 0 unspecified atom stereocenters. The lowest BCUT2D eigenvalue weighted by molar-refractivity contribution is -0.384. The number of nitriles is 1. The number of hydrogen-bond acceptors (Lipinski definition) is 4. The summed E-state index contributed by atoms with van der Waals surface area (Å²) in [5.41, 5.74) is 0.517. The van der Waals surface area contributed by atoms with E-state index in [1.807, 2.05) is 0 Å². The van der Waals surface area contributed by atoms with Crippen LogP contribution < -0.4 is 5.32 Å². The van der Waals surface area contributed by atoms with Crippen molar-refractivity contribution >= 4 is 27.3 Å². The minimum absolute atomic E-state index is 0.00914. The van der Waals surface area contributed by atoms with Gasteiger partial charge >= 0.3 is 0 Å². The molecule has 1 fully saturated rings. The zero-order valence-corrected chi connectivity index (χ0v) is 11.2. The summed E-state index contributed by atoms with van der Waals surface area (Å²) in [5.74, 6) is -0.0618. The highest BCUT2D eigenvalue weighted by Gasteiger charge is 2.28. The van der Waals surface area contributed by atoms with Crippen molar-refractivity contribution in [3.05, 3.63) is 32.8 Å². The molecular weight excluding hydrogens is 298 g/mol. The average Bonchev–Trinajstić information content (AvgIpc) is 2.78. The van der Waals surface area contributed by atoms with E-state index in [1.54, 1.807) is 12.1 Å². The number of nitrogens with one attached hydrogen (secondary N) is 1. The molecule has 1 aromatic rings. The van der Waals surface area contributed by atoms with Crippen molar-refractivity contribution in [1.29, 1.82) is 5.26 Å². The Morgan fingerprint density at radius 3 is 2.94 bits per heavy atom. The van der Waals surface area contributed by atoms with Crippen LogP contribution in [0.2, 0.25) is 0 Å². The summed E-state index contributed by atoms with van der Waals surface area (Å²) in [4.78, 5) is 10.6. The van der Waals surface area contributed by atoms with Gasteiger partial charge in [-0.3, -0.25) is 10.1 Å². The average molecular weight is 310 g/mol. The molecule has 0 aliphatic heterocycles. The van der Waals surface area contributed by atoms with Gasteiger partial charge in [-0.05, 0) is 31.4 Å². The van der Waals surface area contributed by atoms with Gasteiger partial charge in [-0.15, -0.1) is 0 Å². The van der Waals surface area contributed by atoms with Crippen LogP contribution in [0.3, 0.4) is 0 Å². The first-order chi connectivity index (χ1) is 8.61. The van der Waals surface area contributed by atoms with E-state index in [-0.39, 0.29) is 17.6 Å². The fourth-order valence-electron chi connectivity index (χ4n) is 2.26. The second kappa shape index (κ2) is 5.36. The monoisotopic (exact) mass is 309 g/mol. The van der Waals surface area contributed by atoms with Crippen LogP contribution in [0.1, 0.15) is 19.3 Å². The fourth-order valence-corrected chi connectivity index (χ4v) is 2.61. The van der Waals surface area contributed by atoms with Crippen molar-refractivity contribution < 1.29 is 4.92 Å². The van der Waals surface area contributed by atoms with E-state index >= 15 is 0 Å². The minimum atomic E-state index is -0.413. The molecule has 18 heavy (non-hydrogen) atoms. The Kier molecular flexibility index (Phi) is 3.82. The highest BCUT2D eigenvalue weighted by molar-refractivity contribution is 9.10. The second-order valence-electron chi connectivity index (χ2n) is 4.34. The molecule has 6 heteroatoms. The molecule has 0 bridgehead atoms. The Bertz CT molecular complexity index is 513. The zero-order valence-electron chi connectivity index (χ0n) is 9.60. The van der Waals surface area contributed by atoms with Crippen molar-refractivity contribution in [3.63, 3.8) is 0 Å². The normalized spacial score (nSPS) is 22.4. The van der Waals surface area contributed by atoms with Crippen LogP contribution in [-0.2, 0) is 0 Å². The van der Waals surface area contributed by atoms with E-state index in [9.17, 15) is 10.1 Å². The molecule has 0 radical (unpaired) electrons. The Balaban J connectivity index is 2.24. The molecule has 1 aliphatic rings. The van der Waals surface area contributed by atoms with Crippen LogP contribution >= 0.6 is 15.9 Å². The highest BCUT2D eigenvalue weighted by atomic mass is 79.9. The number of rotatable bonds is 3. The Hall–Kier alpha value is -1.61. The molecule has 2 atom stereocenters. The molecule has 0 heterocycles. The molecule has 5 nitrogen and oxygen atoms in total. The molecule has 1 saturated carbocycles. The third-order valence-corrected chi connectivity index (χ3v) is 3.67. The number of benzene rings is 1. The largest absolute Gasteiger partial charge is 0.375 e.